The minimum Gasteiger partial charge on any atom is -0.334 e. The number of hydrogen-bond donors (Lipinski definition) is 1. The Balaban J connectivity index is 0. The summed E-state index contributed by atoms with van der Waals surface area (Å²) < 4.78 is 4.56. The Hall–Kier alpha value is -1.91. The average Bonchev–Trinajstić information content (AvgIpc) is 2.84. The molecule has 5 heteroatoms. The summed E-state index contributed by atoms with van der Waals surface area (Å²) in [4.78, 5) is 0. The zero-order valence-corrected chi connectivity index (χ0v) is 12.0. The van der Waals surface area contributed by atoms with E-state index >= 15 is 0 Å². The third kappa shape index (κ3) is 12.2. The lowest BCUT2D eigenvalue weighted by molar-refractivity contribution is 0.402. The van der Waals surface area contributed by atoms with E-state index in [1.54, 1.807) is 12.2 Å². The fourth-order valence-electron chi connectivity index (χ4n) is 0.690. The molecule has 0 aromatic carbocycles. The fraction of sp³-hybridized carbons (Fsp3) is 0.462. The van der Waals surface area contributed by atoms with Crippen LogP contribution in [0.15, 0.2) is 41.5 Å². The number of allylic oxidation sites excluding steroid dienone is 4. The maximum absolute atomic E-state index is 4.56. The van der Waals surface area contributed by atoms with Crippen molar-refractivity contribution in [1.29, 1.82) is 0 Å². The first-order valence-electron chi connectivity index (χ1n) is 5.93. The summed E-state index contributed by atoms with van der Waals surface area (Å²) in [5, 5.41) is 12.8. The molecule has 1 N–H and O–H groups in total. The summed E-state index contributed by atoms with van der Waals surface area (Å²) in [7, 11) is 0. The van der Waals surface area contributed by atoms with Gasteiger partial charge in [0.15, 0.2) is 0 Å². The van der Waals surface area contributed by atoms with Crippen LogP contribution in [0.25, 0.3) is 0 Å². The average molecular weight is 252 g/mol. The summed E-state index contributed by atoms with van der Waals surface area (Å²) in [5.74, 6) is 0. The molecule has 0 aliphatic heterocycles. The van der Waals surface area contributed by atoms with Gasteiger partial charge in [0, 0.05) is 6.04 Å². The van der Waals surface area contributed by atoms with Crippen molar-refractivity contribution in [2.24, 2.45) is 0 Å². The molecule has 18 heavy (non-hydrogen) atoms. The predicted molar refractivity (Wildman–Crippen MR) is 76.4 cm³/mol. The molecule has 0 spiro atoms. The maximum Gasteiger partial charge on any atom is 0.342 e. The Bertz CT molecular complexity index is 329. The van der Waals surface area contributed by atoms with E-state index in [9.17, 15) is 0 Å². The van der Waals surface area contributed by atoms with Crippen LogP contribution < -0.4 is 5.32 Å². The Morgan fingerprint density at radius 2 is 1.94 bits per heavy atom. The van der Waals surface area contributed by atoms with Gasteiger partial charge in [0.2, 0.25) is 0 Å². The first-order chi connectivity index (χ1) is 8.60. The van der Waals surface area contributed by atoms with Crippen LogP contribution in [0.2, 0.25) is 0 Å². The first kappa shape index (κ1) is 18.5. The topological polar surface area (TPSA) is 63.8 Å². The zero-order valence-electron chi connectivity index (χ0n) is 12.0. The number of hydrogen-bond acceptors (Lipinski definition) is 5. The third-order valence-electron chi connectivity index (χ3n) is 1.41. The van der Waals surface area contributed by atoms with Crippen LogP contribution in [0.4, 0.5) is 6.01 Å². The van der Waals surface area contributed by atoms with Crippen molar-refractivity contribution in [2.75, 3.05) is 5.32 Å². The number of anilines is 1. The molecule has 0 saturated heterocycles. The molecule has 102 valence electrons. The van der Waals surface area contributed by atoms with E-state index in [1.165, 1.54) is 0 Å². The Kier molecular flexibility index (Phi) is 13.5. The lowest BCUT2D eigenvalue weighted by Gasteiger charge is -2.00. The SMILES string of the molecule is C=C/C=C(/C)C=C.CC.CC(C)Nc1nnno1. The first-order valence-corrected chi connectivity index (χ1v) is 5.93. The summed E-state index contributed by atoms with van der Waals surface area (Å²) in [5.41, 5.74) is 1.15. The lowest BCUT2D eigenvalue weighted by atomic mass is 10.3. The summed E-state index contributed by atoms with van der Waals surface area (Å²) in [6.07, 6.45) is 5.45. The molecular weight excluding hydrogens is 228 g/mol. The highest BCUT2D eigenvalue weighted by Crippen LogP contribution is 1.97. The van der Waals surface area contributed by atoms with Gasteiger partial charge in [-0.05, 0) is 26.0 Å². The van der Waals surface area contributed by atoms with Gasteiger partial charge in [0.1, 0.15) is 0 Å². The van der Waals surface area contributed by atoms with Crippen LogP contribution in [0.3, 0.4) is 0 Å². The van der Waals surface area contributed by atoms with Gasteiger partial charge in [-0.15, -0.1) is 0 Å². The Labute approximate surface area is 110 Å². The van der Waals surface area contributed by atoms with Gasteiger partial charge < -0.3 is 5.32 Å². The molecule has 1 aromatic rings. The van der Waals surface area contributed by atoms with Crippen LogP contribution in [-0.2, 0) is 0 Å². The molecule has 0 aliphatic rings. The second-order valence-electron chi connectivity index (χ2n) is 3.32. The van der Waals surface area contributed by atoms with Gasteiger partial charge in [-0.1, -0.05) is 55.9 Å². The molecular formula is C13H24N4O. The van der Waals surface area contributed by atoms with Gasteiger partial charge in [-0.25, -0.2) is 0 Å². The predicted octanol–water partition coefficient (Wildman–Crippen LogP) is 3.62. The summed E-state index contributed by atoms with van der Waals surface area (Å²) >= 11 is 0. The molecule has 1 heterocycles. The van der Waals surface area contributed by atoms with Gasteiger partial charge in [0.05, 0.1) is 5.27 Å². The van der Waals surface area contributed by atoms with E-state index in [1.807, 2.05) is 40.7 Å². The molecule has 0 bridgehead atoms. The minimum atomic E-state index is 0.298. The molecule has 0 aliphatic carbocycles. The molecule has 1 aromatic heterocycles. The highest BCUT2D eigenvalue weighted by atomic mass is 16.5. The van der Waals surface area contributed by atoms with E-state index in [-0.39, 0.29) is 0 Å². The normalized spacial score (nSPS) is 9.56. The molecule has 0 radical (unpaired) electrons. The van der Waals surface area contributed by atoms with E-state index in [0.717, 1.165) is 5.57 Å². The maximum atomic E-state index is 4.56. The van der Waals surface area contributed by atoms with Crippen LogP contribution in [-0.4, -0.2) is 21.6 Å². The number of nitrogens with zero attached hydrogens (tertiary/aromatic N) is 3. The molecule has 0 atom stereocenters. The fourth-order valence-corrected chi connectivity index (χ4v) is 0.690. The van der Waals surface area contributed by atoms with Crippen molar-refractivity contribution in [3.8, 4) is 0 Å². The zero-order chi connectivity index (χ0) is 14.4. The Morgan fingerprint density at radius 1 is 1.33 bits per heavy atom. The second-order valence-corrected chi connectivity index (χ2v) is 3.32. The highest BCUT2D eigenvalue weighted by Gasteiger charge is 1.98. The standard InChI is InChI=1S/C7H10.C4H8N4O.C2H6/c1-4-6-7(3)5-2;1-3(2)5-4-6-7-8-9-4;1-2/h4-6H,1-2H2,3H3;3H,1-2H3,(H,5,6,8);1-2H3/b7-6-;;. The smallest absolute Gasteiger partial charge is 0.334 e. The number of rotatable bonds is 4. The summed E-state index contributed by atoms with van der Waals surface area (Å²) in [6, 6.07) is 0.664. The van der Waals surface area contributed by atoms with Crippen molar-refractivity contribution < 1.29 is 4.52 Å². The van der Waals surface area contributed by atoms with Gasteiger partial charge in [-0.3, -0.25) is 4.52 Å². The number of aromatic nitrogens is 3. The third-order valence-corrected chi connectivity index (χ3v) is 1.41. The van der Waals surface area contributed by atoms with Crippen molar-refractivity contribution in [3.63, 3.8) is 0 Å². The molecule has 0 unspecified atom stereocenters. The molecule has 5 nitrogen and oxygen atoms in total. The van der Waals surface area contributed by atoms with Crippen LogP contribution in [0.5, 0.6) is 0 Å². The number of nitrogens with one attached hydrogen (secondary N) is 1. The lowest BCUT2D eigenvalue weighted by Crippen LogP contribution is -2.09. The van der Waals surface area contributed by atoms with E-state index < -0.39 is 0 Å². The van der Waals surface area contributed by atoms with Crippen molar-refractivity contribution in [2.45, 2.75) is 40.7 Å². The van der Waals surface area contributed by atoms with E-state index in [2.05, 4.69) is 38.6 Å². The quantitative estimate of drug-likeness (QED) is 0.829. The van der Waals surface area contributed by atoms with Crippen LogP contribution >= 0.6 is 0 Å². The van der Waals surface area contributed by atoms with E-state index in [4.69, 9.17) is 0 Å². The summed E-state index contributed by atoms with van der Waals surface area (Å²) in [6.45, 7) is 17.0. The van der Waals surface area contributed by atoms with Crippen LogP contribution in [0.1, 0.15) is 34.6 Å². The molecule has 0 saturated carbocycles. The van der Waals surface area contributed by atoms with Crippen molar-refractivity contribution >= 4 is 6.01 Å². The molecule has 1 rings (SSSR count). The highest BCUT2D eigenvalue weighted by molar-refractivity contribution is 5.17. The largest absolute Gasteiger partial charge is 0.342 e. The minimum absolute atomic E-state index is 0.298. The Morgan fingerprint density at radius 3 is 2.22 bits per heavy atom. The monoisotopic (exact) mass is 252 g/mol. The van der Waals surface area contributed by atoms with E-state index in [0.29, 0.717) is 12.1 Å². The van der Waals surface area contributed by atoms with Crippen molar-refractivity contribution in [3.05, 3.63) is 37.0 Å². The molecule has 0 fully saturated rings. The van der Waals surface area contributed by atoms with Crippen LogP contribution in [0, 0.1) is 0 Å². The van der Waals surface area contributed by atoms with Gasteiger partial charge >= 0.3 is 6.01 Å². The van der Waals surface area contributed by atoms with Crippen molar-refractivity contribution in [1.82, 2.24) is 15.6 Å². The molecule has 0 amide bonds. The van der Waals surface area contributed by atoms with Gasteiger partial charge in [-0.2, -0.15) is 0 Å². The second kappa shape index (κ2) is 13.2. The van der Waals surface area contributed by atoms with Gasteiger partial charge in [0.25, 0.3) is 0 Å².